The van der Waals surface area contributed by atoms with E-state index in [0.717, 1.165) is 23.3 Å². The molecule has 214 valence electrons. The fourth-order valence-corrected chi connectivity index (χ4v) is 5.30. The molecule has 0 spiro atoms. The largest absolute Gasteiger partial charge is 0.453 e. The molecule has 3 aliphatic rings. The third kappa shape index (κ3) is 4.86. The van der Waals surface area contributed by atoms with Crippen molar-refractivity contribution in [3.63, 3.8) is 0 Å². The number of nitrogens with zero attached hydrogens (tertiary/aromatic N) is 3. The highest BCUT2D eigenvalue weighted by molar-refractivity contribution is 5.97. The summed E-state index contributed by atoms with van der Waals surface area (Å²) in [5.41, 5.74) is 1.64. The van der Waals surface area contributed by atoms with E-state index in [-0.39, 0.29) is 17.4 Å². The Hall–Kier alpha value is -4.76. The van der Waals surface area contributed by atoms with E-state index in [1.54, 1.807) is 18.2 Å². The van der Waals surface area contributed by atoms with Crippen LogP contribution < -0.4 is 21.6 Å². The quantitative estimate of drug-likeness (QED) is 0.165. The number of nitrogens with one attached hydrogen (secondary N) is 1. The van der Waals surface area contributed by atoms with Crippen LogP contribution in [0.5, 0.6) is 0 Å². The summed E-state index contributed by atoms with van der Waals surface area (Å²) in [6, 6.07) is 12.3. The van der Waals surface area contributed by atoms with Crippen LogP contribution in [0.4, 0.5) is 5.69 Å². The third-order valence-electron chi connectivity index (χ3n) is 7.56. The Morgan fingerprint density at radius 1 is 1.07 bits per heavy atom. The Bertz CT molecular complexity index is 2030. The number of aliphatic hydroxyl groups is 2. The van der Waals surface area contributed by atoms with E-state index >= 15 is 0 Å². The Balaban J connectivity index is 1.41. The van der Waals surface area contributed by atoms with Crippen LogP contribution in [0.2, 0.25) is 0 Å². The molecule has 1 fully saturated rings. The minimum Gasteiger partial charge on any atom is -0.453 e. The molecule has 3 N–H and O–H groups in total. The molecule has 1 saturated heterocycles. The van der Waals surface area contributed by atoms with Gasteiger partial charge < -0.3 is 24.3 Å². The molecule has 2 aromatic carbocycles. The van der Waals surface area contributed by atoms with E-state index < -0.39 is 36.3 Å². The lowest BCUT2D eigenvalue weighted by Crippen LogP contribution is -2.33. The highest BCUT2D eigenvalue weighted by Gasteiger charge is 2.35. The van der Waals surface area contributed by atoms with Crippen molar-refractivity contribution in [3.05, 3.63) is 90.8 Å². The maximum absolute atomic E-state index is 12.9. The zero-order valence-corrected chi connectivity index (χ0v) is 23.0. The first-order chi connectivity index (χ1) is 20.3. The first-order valence-corrected chi connectivity index (χ1v) is 13.7. The van der Waals surface area contributed by atoms with Crippen molar-refractivity contribution in [1.29, 1.82) is 0 Å². The van der Waals surface area contributed by atoms with Gasteiger partial charge in [0.1, 0.15) is 29.1 Å². The lowest BCUT2D eigenvalue weighted by molar-refractivity contribution is -0.0459. The number of anilines is 1. The summed E-state index contributed by atoms with van der Waals surface area (Å²) in [5, 5.41) is 20.4. The maximum Gasteiger partial charge on any atom is 0.330 e. The number of benzene rings is 3. The van der Waals surface area contributed by atoms with Gasteiger partial charge in [-0.25, -0.2) is 9.78 Å². The van der Waals surface area contributed by atoms with Gasteiger partial charge in [-0.05, 0) is 44.2 Å². The van der Waals surface area contributed by atoms with Gasteiger partial charge in [0.05, 0.1) is 12.7 Å². The molecular formula is C31H28N4O7. The second-order valence-electron chi connectivity index (χ2n) is 10.1. The summed E-state index contributed by atoms with van der Waals surface area (Å²) < 4.78 is 12.8. The predicted octanol–water partition coefficient (Wildman–Crippen LogP) is 2.18. The zero-order valence-electron chi connectivity index (χ0n) is 23.0. The highest BCUT2D eigenvalue weighted by Crippen LogP contribution is 2.32. The average Bonchev–Trinajstić information content (AvgIpc) is 3.36. The number of aliphatic hydroxyl groups excluding tert-OH is 2. The Kier molecular flexibility index (Phi) is 7.12. The Morgan fingerprint density at radius 3 is 2.62 bits per heavy atom. The van der Waals surface area contributed by atoms with Gasteiger partial charge in [-0.1, -0.05) is 11.8 Å². The van der Waals surface area contributed by atoms with Gasteiger partial charge in [0.2, 0.25) is 0 Å². The summed E-state index contributed by atoms with van der Waals surface area (Å²) in [7, 11) is 0. The molecule has 0 amide bonds. The number of H-pyrrole nitrogens is 1. The summed E-state index contributed by atoms with van der Waals surface area (Å²) in [6.45, 7) is 5.44. The second-order valence-corrected chi connectivity index (χ2v) is 10.1. The number of hydrogen-bond acceptors (Lipinski definition) is 9. The van der Waals surface area contributed by atoms with Crippen molar-refractivity contribution in [1.82, 2.24) is 14.5 Å². The smallest absolute Gasteiger partial charge is 0.330 e. The Labute approximate surface area is 239 Å². The molecule has 0 saturated carbocycles. The van der Waals surface area contributed by atoms with Crippen LogP contribution in [-0.2, 0) is 4.74 Å². The van der Waals surface area contributed by atoms with Crippen LogP contribution in [0.3, 0.4) is 0 Å². The number of ether oxygens (including phenoxy) is 1. The van der Waals surface area contributed by atoms with Crippen LogP contribution in [0.1, 0.15) is 37.6 Å². The van der Waals surface area contributed by atoms with Gasteiger partial charge in [0, 0.05) is 59.9 Å². The predicted molar refractivity (Wildman–Crippen MR) is 157 cm³/mol. The van der Waals surface area contributed by atoms with Crippen molar-refractivity contribution in [2.45, 2.75) is 38.7 Å². The number of hydrogen-bond donors (Lipinski definition) is 3. The molecule has 1 aliphatic carbocycles. The monoisotopic (exact) mass is 568 g/mol. The topological polar surface area (TPSA) is 151 Å². The minimum absolute atomic E-state index is 0.00537. The first-order valence-electron chi connectivity index (χ1n) is 13.7. The Morgan fingerprint density at radius 2 is 1.88 bits per heavy atom. The van der Waals surface area contributed by atoms with Crippen molar-refractivity contribution >= 4 is 27.6 Å². The second kappa shape index (κ2) is 10.9. The molecule has 1 aromatic heterocycles. The van der Waals surface area contributed by atoms with Crippen LogP contribution in [0, 0.1) is 11.8 Å². The van der Waals surface area contributed by atoms with E-state index in [0.29, 0.717) is 38.9 Å². The van der Waals surface area contributed by atoms with E-state index in [9.17, 15) is 24.6 Å². The average molecular weight is 569 g/mol. The lowest BCUT2D eigenvalue weighted by atomic mass is 10.0. The summed E-state index contributed by atoms with van der Waals surface area (Å²) in [4.78, 5) is 47.1. The molecular weight excluding hydrogens is 540 g/mol. The van der Waals surface area contributed by atoms with Crippen LogP contribution >= 0.6 is 0 Å². The van der Waals surface area contributed by atoms with Gasteiger partial charge in [-0.2, -0.15) is 0 Å². The normalized spacial score (nSPS) is 18.4. The van der Waals surface area contributed by atoms with E-state index in [1.807, 2.05) is 18.2 Å². The summed E-state index contributed by atoms with van der Waals surface area (Å²) in [6.07, 6.45) is -1.30. The van der Waals surface area contributed by atoms with E-state index in [1.165, 1.54) is 12.3 Å². The van der Waals surface area contributed by atoms with Gasteiger partial charge in [0.15, 0.2) is 16.8 Å². The van der Waals surface area contributed by atoms with Crippen molar-refractivity contribution < 1.29 is 19.4 Å². The number of aromatic nitrogens is 3. The minimum atomic E-state index is -0.950. The molecule has 0 unspecified atom stereocenters. The molecule has 3 atom stereocenters. The molecule has 0 radical (unpaired) electrons. The van der Waals surface area contributed by atoms with Gasteiger partial charge in [0.25, 0.3) is 5.56 Å². The van der Waals surface area contributed by atoms with Gasteiger partial charge in [-0.3, -0.25) is 19.1 Å². The van der Waals surface area contributed by atoms with Gasteiger partial charge >= 0.3 is 5.69 Å². The fraction of sp³-hybridized carbons (Fsp3) is 0.290. The van der Waals surface area contributed by atoms with Crippen molar-refractivity contribution in [3.8, 4) is 23.3 Å². The summed E-state index contributed by atoms with van der Waals surface area (Å²) >= 11 is 0. The third-order valence-corrected chi connectivity index (χ3v) is 7.56. The van der Waals surface area contributed by atoms with Gasteiger partial charge in [-0.15, -0.1) is 0 Å². The number of fused-ring (bicyclic) bond motifs is 4. The molecule has 3 heterocycles. The van der Waals surface area contributed by atoms with Crippen LogP contribution in [0.25, 0.3) is 33.3 Å². The molecule has 11 nitrogen and oxygen atoms in total. The number of aromatic amines is 1. The summed E-state index contributed by atoms with van der Waals surface area (Å²) in [5.74, 6) is 6.08. The maximum atomic E-state index is 12.9. The first kappa shape index (κ1) is 27.4. The zero-order chi connectivity index (χ0) is 29.5. The van der Waals surface area contributed by atoms with Crippen molar-refractivity contribution in [2.24, 2.45) is 0 Å². The molecule has 11 heteroatoms. The van der Waals surface area contributed by atoms with Crippen LogP contribution in [-0.4, -0.2) is 56.7 Å². The van der Waals surface area contributed by atoms with Crippen LogP contribution in [0.15, 0.2) is 67.5 Å². The molecule has 3 aromatic rings. The molecule has 0 bridgehead atoms. The highest BCUT2D eigenvalue weighted by atomic mass is 16.5. The standard InChI is InChI=1S/C31H28N4O7/c1-3-34(4-2)19-8-10-22-25(12-19)41-26-13-23(37)20-9-6-17(11-21(20)29(26)32-22)5-7-18-15-35(31(40)33-30(18)39)28-14-24(38)27(16-36)42-28/h6,8-13,15,24,27-28,36,38H,3-4,14,16H2,1-2H3,(H,33,39,40)/t24-,27+,28+/m0/s1. The van der Waals surface area contributed by atoms with E-state index in [4.69, 9.17) is 14.1 Å². The number of rotatable bonds is 5. The SMILES string of the molecule is CCN(CC)c1ccc2nc3c4cc(C#Cc5cn([C@H]6C[C@H](O)[C@@H](CO)O6)c(=O)[nH]c5=O)ccc4c(=O)cc-3oc2c1. The van der Waals surface area contributed by atoms with Crippen molar-refractivity contribution in [2.75, 3.05) is 24.6 Å². The fourth-order valence-electron chi connectivity index (χ4n) is 5.30. The molecule has 6 rings (SSSR count). The van der Waals surface area contributed by atoms with E-state index in [2.05, 4.69) is 35.6 Å². The molecule has 42 heavy (non-hydrogen) atoms. The lowest BCUT2D eigenvalue weighted by Gasteiger charge is -2.21. The molecule has 2 aliphatic heterocycles.